The van der Waals surface area contributed by atoms with E-state index in [1.807, 2.05) is 31.2 Å². The van der Waals surface area contributed by atoms with Gasteiger partial charge in [-0.15, -0.1) is 0 Å². The van der Waals surface area contributed by atoms with Gasteiger partial charge in [-0.1, -0.05) is 66.9 Å². The summed E-state index contributed by atoms with van der Waals surface area (Å²) in [6.45, 7) is 1.56. The lowest BCUT2D eigenvalue weighted by molar-refractivity contribution is -0.122. The molecule has 200 valence electrons. The molecule has 4 aromatic rings. The van der Waals surface area contributed by atoms with Crippen molar-refractivity contribution in [2.24, 2.45) is 11.8 Å². The number of fused-ring (bicyclic) bond motifs is 2. The number of pyridine rings is 1. The van der Waals surface area contributed by atoms with Gasteiger partial charge in [-0.3, -0.25) is 19.3 Å². The van der Waals surface area contributed by atoms with Crippen LogP contribution in [0.1, 0.15) is 52.0 Å². The summed E-state index contributed by atoms with van der Waals surface area (Å²) >= 11 is 0. The predicted octanol–water partition coefficient (Wildman–Crippen LogP) is 5.93. The normalized spacial score (nSPS) is 18.6. The van der Waals surface area contributed by atoms with Crippen molar-refractivity contribution in [3.8, 4) is 11.3 Å². The average molecular weight is 533 g/mol. The fourth-order valence-corrected chi connectivity index (χ4v) is 5.77. The molecule has 1 aliphatic heterocycles. The highest BCUT2D eigenvalue weighted by Crippen LogP contribution is 2.40. The Balaban J connectivity index is 1.29. The standard InChI is InChI=1S/C33H28N2O5/c1-20-11-16-28-26(17-20)27(33(39)40-19-30(36)22-7-3-2-4-8-22)18-29(34-28)21-12-14-23(15-13-21)35-31(37)24-9-5-6-10-25(24)32(35)38/h2-4,7-8,11-18,24-25H,5-6,9-10,19H2,1H3/t24-,25-/m0/s1. The number of anilines is 1. The maximum absolute atomic E-state index is 13.2. The minimum absolute atomic E-state index is 0.114. The number of hydrogen-bond acceptors (Lipinski definition) is 6. The average Bonchev–Trinajstić information content (AvgIpc) is 3.25. The molecule has 1 aliphatic carbocycles. The number of Topliss-reactive ketones (excluding diaryl/α,β-unsaturated/α-hetero) is 1. The van der Waals surface area contributed by atoms with Gasteiger partial charge in [0.05, 0.1) is 34.3 Å². The molecule has 7 heteroatoms. The molecule has 40 heavy (non-hydrogen) atoms. The van der Waals surface area contributed by atoms with E-state index in [9.17, 15) is 19.2 Å². The summed E-state index contributed by atoms with van der Waals surface area (Å²) in [5, 5.41) is 0.633. The number of carbonyl (C=O) groups is 4. The van der Waals surface area contributed by atoms with E-state index in [0.29, 0.717) is 33.4 Å². The molecule has 0 unspecified atom stereocenters. The number of imide groups is 1. The van der Waals surface area contributed by atoms with Crippen LogP contribution in [-0.2, 0) is 14.3 Å². The summed E-state index contributed by atoms with van der Waals surface area (Å²) in [7, 11) is 0. The number of aryl methyl sites for hydroxylation is 1. The molecule has 1 aromatic heterocycles. The zero-order valence-electron chi connectivity index (χ0n) is 22.1. The minimum atomic E-state index is -0.615. The van der Waals surface area contributed by atoms with Gasteiger partial charge in [0, 0.05) is 16.5 Å². The number of nitrogens with zero attached hydrogens (tertiary/aromatic N) is 2. The number of esters is 1. The molecular weight excluding hydrogens is 504 g/mol. The number of hydrogen-bond donors (Lipinski definition) is 0. The maximum Gasteiger partial charge on any atom is 0.339 e. The lowest BCUT2D eigenvalue weighted by atomic mass is 9.81. The number of ether oxygens (including phenoxy) is 1. The van der Waals surface area contributed by atoms with Gasteiger partial charge in [-0.25, -0.2) is 9.78 Å². The Morgan fingerprint density at radius 3 is 2.23 bits per heavy atom. The van der Waals surface area contributed by atoms with Gasteiger partial charge in [-0.2, -0.15) is 0 Å². The van der Waals surface area contributed by atoms with Gasteiger partial charge in [0.2, 0.25) is 11.8 Å². The van der Waals surface area contributed by atoms with Crippen molar-refractivity contribution in [2.75, 3.05) is 11.5 Å². The van der Waals surface area contributed by atoms with E-state index < -0.39 is 5.97 Å². The summed E-state index contributed by atoms with van der Waals surface area (Å²) in [6.07, 6.45) is 3.48. The van der Waals surface area contributed by atoms with Crippen LogP contribution in [0, 0.1) is 18.8 Å². The smallest absolute Gasteiger partial charge is 0.339 e. The van der Waals surface area contributed by atoms with Crippen molar-refractivity contribution in [3.05, 3.63) is 95.6 Å². The number of carbonyl (C=O) groups excluding carboxylic acids is 4. The highest BCUT2D eigenvalue weighted by Gasteiger charge is 2.48. The molecule has 2 amide bonds. The van der Waals surface area contributed by atoms with Crippen LogP contribution in [0.5, 0.6) is 0 Å². The molecular formula is C33H28N2O5. The molecule has 0 spiro atoms. The molecule has 2 fully saturated rings. The highest BCUT2D eigenvalue weighted by molar-refractivity contribution is 6.22. The molecule has 1 saturated carbocycles. The lowest BCUT2D eigenvalue weighted by Gasteiger charge is -2.19. The third kappa shape index (κ3) is 4.68. The number of rotatable bonds is 6. The van der Waals surface area contributed by atoms with Crippen LogP contribution in [0.15, 0.2) is 78.9 Å². The molecule has 3 aromatic carbocycles. The van der Waals surface area contributed by atoms with Crippen LogP contribution in [0.4, 0.5) is 5.69 Å². The van der Waals surface area contributed by atoms with Gasteiger partial charge in [0.25, 0.3) is 0 Å². The Kier molecular flexibility index (Phi) is 6.72. The summed E-state index contributed by atoms with van der Waals surface area (Å²) < 4.78 is 5.44. The molecule has 2 aliphatic rings. The second-order valence-electron chi connectivity index (χ2n) is 10.5. The third-order valence-corrected chi connectivity index (χ3v) is 7.88. The Labute approximate surface area is 231 Å². The lowest BCUT2D eigenvalue weighted by Crippen LogP contribution is -2.30. The van der Waals surface area contributed by atoms with Crippen LogP contribution < -0.4 is 4.90 Å². The van der Waals surface area contributed by atoms with E-state index in [2.05, 4.69) is 0 Å². The molecule has 0 N–H and O–H groups in total. The largest absolute Gasteiger partial charge is 0.454 e. The number of aromatic nitrogens is 1. The Bertz CT molecular complexity index is 1620. The van der Waals surface area contributed by atoms with Gasteiger partial charge in [0.15, 0.2) is 12.4 Å². The SMILES string of the molecule is Cc1ccc2nc(-c3ccc(N4C(=O)[C@H]5CCCC[C@@H]5C4=O)cc3)cc(C(=O)OCC(=O)c3ccccc3)c2c1. The fraction of sp³-hybridized carbons (Fsp3) is 0.242. The summed E-state index contributed by atoms with van der Waals surface area (Å²) in [5.41, 5.74) is 4.16. The van der Waals surface area contributed by atoms with E-state index in [4.69, 9.17) is 9.72 Å². The molecule has 0 radical (unpaired) electrons. The van der Waals surface area contributed by atoms with Crippen molar-refractivity contribution >= 4 is 40.2 Å². The number of benzene rings is 3. The monoisotopic (exact) mass is 532 g/mol. The van der Waals surface area contributed by atoms with Crippen LogP contribution >= 0.6 is 0 Å². The first kappa shape index (κ1) is 25.6. The number of ketones is 1. The molecule has 2 atom stereocenters. The summed E-state index contributed by atoms with van der Waals surface area (Å²) in [5.74, 6) is -1.56. The zero-order chi connectivity index (χ0) is 27.8. The number of amides is 2. The van der Waals surface area contributed by atoms with Crippen molar-refractivity contribution in [1.29, 1.82) is 0 Å². The van der Waals surface area contributed by atoms with Crippen molar-refractivity contribution in [1.82, 2.24) is 4.98 Å². The Hall–Kier alpha value is -4.65. The second kappa shape index (κ2) is 10.5. The van der Waals surface area contributed by atoms with E-state index in [0.717, 1.165) is 36.8 Å². The molecule has 1 saturated heterocycles. The van der Waals surface area contributed by atoms with Gasteiger partial charge in [-0.05, 0) is 50.1 Å². The molecule has 2 heterocycles. The Morgan fingerprint density at radius 1 is 0.875 bits per heavy atom. The fourth-order valence-electron chi connectivity index (χ4n) is 5.77. The highest BCUT2D eigenvalue weighted by atomic mass is 16.5. The molecule has 7 nitrogen and oxygen atoms in total. The van der Waals surface area contributed by atoms with Crippen molar-refractivity contribution < 1.29 is 23.9 Å². The third-order valence-electron chi connectivity index (χ3n) is 7.88. The van der Waals surface area contributed by atoms with Crippen LogP contribution in [-0.4, -0.2) is 35.2 Å². The van der Waals surface area contributed by atoms with E-state index in [-0.39, 0.29) is 36.0 Å². The Morgan fingerprint density at radius 2 is 1.55 bits per heavy atom. The van der Waals surface area contributed by atoms with Gasteiger partial charge < -0.3 is 4.74 Å². The summed E-state index contributed by atoms with van der Waals surface area (Å²) in [4.78, 5) is 57.9. The van der Waals surface area contributed by atoms with Crippen LogP contribution in [0.25, 0.3) is 22.2 Å². The molecule has 0 bridgehead atoms. The van der Waals surface area contributed by atoms with Crippen molar-refractivity contribution in [2.45, 2.75) is 32.6 Å². The zero-order valence-corrected chi connectivity index (χ0v) is 22.1. The van der Waals surface area contributed by atoms with Crippen molar-refractivity contribution in [3.63, 3.8) is 0 Å². The first-order valence-electron chi connectivity index (χ1n) is 13.6. The quantitative estimate of drug-likeness (QED) is 0.174. The topological polar surface area (TPSA) is 93.6 Å². The van der Waals surface area contributed by atoms with E-state index in [1.165, 1.54) is 4.90 Å². The maximum atomic E-state index is 13.2. The first-order valence-corrected chi connectivity index (χ1v) is 13.6. The van der Waals surface area contributed by atoms with Crippen LogP contribution in [0.2, 0.25) is 0 Å². The minimum Gasteiger partial charge on any atom is -0.454 e. The second-order valence-corrected chi connectivity index (χ2v) is 10.5. The van der Waals surface area contributed by atoms with Gasteiger partial charge >= 0.3 is 5.97 Å². The van der Waals surface area contributed by atoms with E-state index >= 15 is 0 Å². The predicted molar refractivity (Wildman–Crippen MR) is 151 cm³/mol. The first-order chi connectivity index (χ1) is 19.4. The van der Waals surface area contributed by atoms with E-state index in [1.54, 1.807) is 54.6 Å². The van der Waals surface area contributed by atoms with Crippen LogP contribution in [0.3, 0.4) is 0 Å². The summed E-state index contributed by atoms with van der Waals surface area (Å²) in [6, 6.07) is 23.1. The van der Waals surface area contributed by atoms with Gasteiger partial charge in [0.1, 0.15) is 0 Å². The molecule has 6 rings (SSSR count).